The molecule has 1 unspecified atom stereocenters. The van der Waals surface area contributed by atoms with Crippen molar-refractivity contribution in [3.05, 3.63) is 29.8 Å². The lowest BCUT2D eigenvalue weighted by atomic mass is 9.66. The van der Waals surface area contributed by atoms with Crippen LogP contribution in [0.4, 0.5) is 0 Å². The first-order valence-corrected chi connectivity index (χ1v) is 11.6. The van der Waals surface area contributed by atoms with E-state index in [0.717, 1.165) is 50.8 Å². The Kier molecular flexibility index (Phi) is 6.45. The van der Waals surface area contributed by atoms with Crippen molar-refractivity contribution in [3.8, 4) is 5.75 Å². The third-order valence-corrected chi connectivity index (χ3v) is 7.62. The lowest BCUT2D eigenvalue weighted by Gasteiger charge is -2.50. The molecule has 1 heterocycles. The number of piperidine rings is 1. The third kappa shape index (κ3) is 4.61. The number of benzene rings is 1. The van der Waals surface area contributed by atoms with Crippen LogP contribution in [-0.2, 0) is 4.79 Å². The molecule has 3 aliphatic rings. The maximum Gasteiger partial charge on any atom is 0.275 e. The van der Waals surface area contributed by atoms with E-state index < -0.39 is 5.60 Å². The number of amides is 1. The number of aliphatic hydroxyl groups is 1. The number of quaternary nitrogens is 1. The molecule has 3 fully saturated rings. The zero-order valence-corrected chi connectivity index (χ0v) is 17.8. The summed E-state index contributed by atoms with van der Waals surface area (Å²) in [6.07, 6.45) is 11.0. The highest BCUT2D eigenvalue weighted by atomic mass is 16.5. The number of likely N-dealkylation sites (tertiary alicyclic amines) is 1. The van der Waals surface area contributed by atoms with Crippen molar-refractivity contribution in [1.82, 2.24) is 5.32 Å². The van der Waals surface area contributed by atoms with Crippen LogP contribution in [0, 0.1) is 5.92 Å². The topological polar surface area (TPSA) is 63.0 Å². The van der Waals surface area contributed by atoms with Gasteiger partial charge in [-0.15, -0.1) is 0 Å². The van der Waals surface area contributed by atoms with Gasteiger partial charge in [-0.3, -0.25) is 4.79 Å². The Morgan fingerprint density at radius 1 is 1.10 bits per heavy atom. The predicted octanol–water partition coefficient (Wildman–Crippen LogP) is 2.40. The highest BCUT2D eigenvalue weighted by Gasteiger charge is 2.51. The molecule has 2 aliphatic carbocycles. The third-order valence-electron chi connectivity index (χ3n) is 7.62. The number of fused-ring (bicyclic) bond motifs is 1. The summed E-state index contributed by atoms with van der Waals surface area (Å²) in [5, 5.41) is 14.7. The summed E-state index contributed by atoms with van der Waals surface area (Å²) < 4.78 is 5.34. The minimum atomic E-state index is -0.577. The second kappa shape index (κ2) is 9.05. The molecule has 0 spiro atoms. The molecule has 0 bridgehead atoms. The van der Waals surface area contributed by atoms with Gasteiger partial charge in [-0.1, -0.05) is 32.1 Å². The molecule has 1 aromatic rings. The zero-order valence-electron chi connectivity index (χ0n) is 17.8. The van der Waals surface area contributed by atoms with E-state index in [2.05, 4.69) is 17.4 Å². The van der Waals surface area contributed by atoms with Gasteiger partial charge in [0.1, 0.15) is 11.8 Å². The average Bonchev–Trinajstić information content (AvgIpc) is 2.74. The molecule has 0 aromatic heterocycles. The molecular weight excluding hydrogens is 364 g/mol. The molecule has 1 amide bonds. The first kappa shape index (κ1) is 20.7. The molecular formula is C24H37N2O3+. The second-order valence-electron chi connectivity index (χ2n) is 9.44. The smallest absolute Gasteiger partial charge is 0.275 e. The van der Waals surface area contributed by atoms with E-state index in [1.807, 2.05) is 12.1 Å². The van der Waals surface area contributed by atoms with Crippen molar-refractivity contribution < 1.29 is 19.5 Å². The van der Waals surface area contributed by atoms with Crippen LogP contribution >= 0.6 is 0 Å². The van der Waals surface area contributed by atoms with E-state index in [1.54, 1.807) is 7.11 Å². The number of nitrogens with one attached hydrogen (secondary N) is 2. The number of methoxy groups -OCH3 is 1. The first-order valence-electron chi connectivity index (χ1n) is 11.6. The monoisotopic (exact) mass is 401 g/mol. The summed E-state index contributed by atoms with van der Waals surface area (Å²) in [6, 6.07) is 8.78. The molecule has 0 radical (unpaired) electrons. The van der Waals surface area contributed by atoms with Crippen LogP contribution in [0.25, 0.3) is 0 Å². The first-order chi connectivity index (χ1) is 14.1. The molecule has 4 atom stereocenters. The van der Waals surface area contributed by atoms with E-state index >= 15 is 0 Å². The summed E-state index contributed by atoms with van der Waals surface area (Å²) in [5.41, 5.74) is 0.642. The van der Waals surface area contributed by atoms with Crippen LogP contribution in [0.3, 0.4) is 0 Å². The lowest BCUT2D eigenvalue weighted by Crippen LogP contribution is -3.16. The SMILES string of the molecule is COc1ccc([C@@H]2[C@H]3CCCC[C@]3(O)CC[NH+]2CC(=O)NC2CCCCC2)cc1. The quantitative estimate of drug-likeness (QED) is 0.710. The van der Waals surface area contributed by atoms with Crippen LogP contribution in [-0.4, -0.2) is 42.9 Å². The van der Waals surface area contributed by atoms with Crippen LogP contribution in [0.1, 0.15) is 75.8 Å². The number of rotatable bonds is 5. The zero-order chi connectivity index (χ0) is 20.3. The van der Waals surface area contributed by atoms with Gasteiger partial charge in [0.15, 0.2) is 6.54 Å². The van der Waals surface area contributed by atoms with E-state index in [9.17, 15) is 9.90 Å². The summed E-state index contributed by atoms with van der Waals surface area (Å²) in [7, 11) is 1.68. The standard InChI is InChI=1S/C24H36N2O3/c1-29-20-12-10-18(11-13-20)23-21-9-5-6-14-24(21,28)15-16-26(23)17-22(27)25-19-7-3-2-4-8-19/h10-13,19,21,23,28H,2-9,14-17H2,1H3,(H,25,27)/p+1/t21-,23-,24+/m1/s1. The molecule has 5 heteroatoms. The van der Waals surface area contributed by atoms with Crippen molar-refractivity contribution in [2.24, 2.45) is 5.92 Å². The molecule has 1 saturated heterocycles. The van der Waals surface area contributed by atoms with E-state index in [-0.39, 0.29) is 17.9 Å². The van der Waals surface area contributed by atoms with Gasteiger partial charge in [0.2, 0.25) is 0 Å². The summed E-state index contributed by atoms with van der Waals surface area (Å²) in [6.45, 7) is 1.35. The molecule has 1 aromatic carbocycles. The highest BCUT2D eigenvalue weighted by Crippen LogP contribution is 2.44. The molecule has 4 rings (SSSR count). The molecule has 160 valence electrons. The Hall–Kier alpha value is -1.59. The van der Waals surface area contributed by atoms with E-state index in [0.29, 0.717) is 12.6 Å². The van der Waals surface area contributed by atoms with Crippen LogP contribution < -0.4 is 15.0 Å². The Morgan fingerprint density at radius 3 is 2.55 bits per heavy atom. The van der Waals surface area contributed by atoms with E-state index in [4.69, 9.17) is 4.74 Å². The Labute approximate surface area is 174 Å². The molecule has 5 nitrogen and oxygen atoms in total. The fourth-order valence-corrected chi connectivity index (χ4v) is 6.06. The minimum absolute atomic E-state index is 0.164. The normalized spacial score (nSPS) is 33.0. The van der Waals surface area contributed by atoms with Gasteiger partial charge in [-0.2, -0.15) is 0 Å². The molecule has 2 saturated carbocycles. The summed E-state index contributed by atoms with van der Waals surface area (Å²) >= 11 is 0. The summed E-state index contributed by atoms with van der Waals surface area (Å²) in [4.78, 5) is 14.2. The van der Waals surface area contributed by atoms with Gasteiger partial charge in [0.05, 0.1) is 19.3 Å². The van der Waals surface area contributed by atoms with Gasteiger partial charge in [-0.05, 0) is 49.9 Å². The minimum Gasteiger partial charge on any atom is -0.497 e. The fraction of sp³-hybridized carbons (Fsp3) is 0.708. The van der Waals surface area contributed by atoms with Crippen molar-refractivity contribution in [2.45, 2.75) is 81.9 Å². The Balaban J connectivity index is 1.52. The van der Waals surface area contributed by atoms with Crippen LogP contribution in [0.15, 0.2) is 24.3 Å². The van der Waals surface area contributed by atoms with Crippen molar-refractivity contribution >= 4 is 5.91 Å². The number of carbonyl (C=O) groups is 1. The Morgan fingerprint density at radius 2 is 1.83 bits per heavy atom. The molecule has 29 heavy (non-hydrogen) atoms. The van der Waals surface area contributed by atoms with Gasteiger partial charge in [0, 0.05) is 23.9 Å². The predicted molar refractivity (Wildman–Crippen MR) is 113 cm³/mol. The van der Waals surface area contributed by atoms with Crippen LogP contribution in [0.2, 0.25) is 0 Å². The van der Waals surface area contributed by atoms with E-state index in [1.165, 1.54) is 36.1 Å². The number of hydrogen-bond donors (Lipinski definition) is 3. The molecule has 3 N–H and O–H groups in total. The van der Waals surface area contributed by atoms with Gasteiger partial charge in [-0.25, -0.2) is 0 Å². The van der Waals surface area contributed by atoms with Crippen molar-refractivity contribution in [2.75, 3.05) is 20.2 Å². The largest absolute Gasteiger partial charge is 0.497 e. The fourth-order valence-electron chi connectivity index (χ4n) is 6.06. The molecule has 1 aliphatic heterocycles. The lowest BCUT2D eigenvalue weighted by molar-refractivity contribution is -0.937. The van der Waals surface area contributed by atoms with Crippen molar-refractivity contribution in [3.63, 3.8) is 0 Å². The Bertz CT molecular complexity index is 686. The maximum absolute atomic E-state index is 12.9. The van der Waals surface area contributed by atoms with Crippen molar-refractivity contribution in [1.29, 1.82) is 0 Å². The van der Waals surface area contributed by atoms with Crippen LogP contribution in [0.5, 0.6) is 5.75 Å². The average molecular weight is 402 g/mol. The van der Waals surface area contributed by atoms with Gasteiger partial charge < -0.3 is 20.1 Å². The number of carbonyl (C=O) groups excluding carboxylic acids is 1. The highest BCUT2D eigenvalue weighted by molar-refractivity contribution is 5.77. The number of hydrogen-bond acceptors (Lipinski definition) is 3. The van der Waals surface area contributed by atoms with Gasteiger partial charge in [0.25, 0.3) is 5.91 Å². The maximum atomic E-state index is 12.9. The summed E-state index contributed by atoms with van der Waals surface area (Å²) in [5.74, 6) is 1.24. The second-order valence-corrected chi connectivity index (χ2v) is 9.44. The number of ether oxygens (including phenoxy) is 1. The van der Waals surface area contributed by atoms with Gasteiger partial charge >= 0.3 is 0 Å².